The molecule has 1 aliphatic heterocycles. The van der Waals surface area contributed by atoms with Gasteiger partial charge in [-0.15, -0.1) is 11.3 Å². The van der Waals surface area contributed by atoms with E-state index in [0.29, 0.717) is 5.92 Å². The van der Waals surface area contributed by atoms with Gasteiger partial charge in [0.15, 0.2) is 0 Å². The second kappa shape index (κ2) is 8.03. The highest BCUT2D eigenvalue weighted by atomic mass is 32.1. The number of fused-ring (bicyclic) bond motifs is 1. The largest absolute Gasteiger partial charge is 0.496 e. The van der Waals surface area contributed by atoms with E-state index in [0.717, 1.165) is 54.3 Å². The van der Waals surface area contributed by atoms with E-state index in [2.05, 4.69) is 51.4 Å². The first-order chi connectivity index (χ1) is 14.7. The lowest BCUT2D eigenvalue weighted by Crippen LogP contribution is -2.33. The van der Waals surface area contributed by atoms with Crippen LogP contribution in [-0.2, 0) is 0 Å². The monoisotopic (exact) mass is 416 g/mol. The molecule has 1 fully saturated rings. The van der Waals surface area contributed by atoms with E-state index in [4.69, 9.17) is 9.72 Å². The fourth-order valence-electron chi connectivity index (χ4n) is 4.29. The van der Waals surface area contributed by atoms with Gasteiger partial charge < -0.3 is 9.64 Å². The molecule has 4 aromatic rings. The Hall–Kier alpha value is -2.99. The molecule has 30 heavy (non-hydrogen) atoms. The number of piperidine rings is 1. The molecule has 5 nitrogen and oxygen atoms in total. The molecule has 0 saturated carbocycles. The van der Waals surface area contributed by atoms with E-state index in [1.807, 2.05) is 18.2 Å². The topological polar surface area (TPSA) is 51.1 Å². The van der Waals surface area contributed by atoms with E-state index >= 15 is 0 Å². The van der Waals surface area contributed by atoms with Crippen molar-refractivity contribution in [2.75, 3.05) is 25.1 Å². The molecule has 2 aromatic heterocycles. The lowest BCUT2D eigenvalue weighted by molar-refractivity contribution is 0.416. The van der Waals surface area contributed by atoms with E-state index in [9.17, 15) is 0 Å². The third-order valence-corrected chi connectivity index (χ3v) is 6.91. The molecule has 152 valence electrons. The number of methoxy groups -OCH3 is 1. The van der Waals surface area contributed by atoms with E-state index < -0.39 is 0 Å². The van der Waals surface area contributed by atoms with Gasteiger partial charge in [-0.2, -0.15) is 0 Å². The number of aromatic nitrogens is 3. The summed E-state index contributed by atoms with van der Waals surface area (Å²) in [5, 5.41) is 4.55. The maximum Gasteiger partial charge on any atom is 0.140 e. The van der Waals surface area contributed by atoms with Crippen LogP contribution in [0.1, 0.15) is 29.3 Å². The summed E-state index contributed by atoms with van der Waals surface area (Å²) in [4.78, 5) is 16.5. The predicted octanol–water partition coefficient (Wildman–Crippen LogP) is 5.45. The quantitative estimate of drug-likeness (QED) is 0.442. The number of ether oxygens (including phenoxy) is 1. The third kappa shape index (κ3) is 3.41. The van der Waals surface area contributed by atoms with Crippen LogP contribution in [-0.4, -0.2) is 35.2 Å². The van der Waals surface area contributed by atoms with Gasteiger partial charge in [0, 0.05) is 35.3 Å². The van der Waals surface area contributed by atoms with Crippen LogP contribution >= 0.6 is 11.3 Å². The molecule has 3 heterocycles. The number of nitrogens with zero attached hydrogens (tertiary/aromatic N) is 4. The van der Waals surface area contributed by atoms with Crippen molar-refractivity contribution in [3.8, 4) is 17.0 Å². The number of thiazole rings is 1. The first kappa shape index (κ1) is 19.0. The summed E-state index contributed by atoms with van der Waals surface area (Å²) >= 11 is 1.76. The summed E-state index contributed by atoms with van der Waals surface area (Å²) in [6.07, 6.45) is 3.84. The molecule has 0 aliphatic carbocycles. The Kier molecular flexibility index (Phi) is 5.09. The first-order valence-corrected chi connectivity index (χ1v) is 11.2. The molecule has 0 spiro atoms. The minimum Gasteiger partial charge on any atom is -0.496 e. The Morgan fingerprint density at radius 2 is 1.87 bits per heavy atom. The average molecular weight is 417 g/mol. The molecule has 6 heteroatoms. The molecule has 0 amide bonds. The highest BCUT2D eigenvalue weighted by Gasteiger charge is 2.25. The number of hydrogen-bond acceptors (Lipinski definition) is 6. The van der Waals surface area contributed by atoms with Crippen molar-refractivity contribution in [2.24, 2.45) is 0 Å². The molecule has 0 N–H and O–H groups in total. The Bertz CT molecular complexity index is 1180. The molecule has 1 aliphatic rings. The maximum atomic E-state index is 5.51. The minimum absolute atomic E-state index is 0.490. The van der Waals surface area contributed by atoms with Crippen LogP contribution in [0.3, 0.4) is 0 Å². The Morgan fingerprint density at radius 1 is 1.03 bits per heavy atom. The number of hydrogen-bond donors (Lipinski definition) is 0. The number of benzene rings is 2. The summed E-state index contributed by atoms with van der Waals surface area (Å²) < 4.78 is 5.51. The molecule has 2 aromatic carbocycles. The van der Waals surface area contributed by atoms with Crippen molar-refractivity contribution >= 4 is 28.1 Å². The van der Waals surface area contributed by atoms with Gasteiger partial charge in [-0.05, 0) is 43.5 Å². The molecular weight excluding hydrogens is 392 g/mol. The van der Waals surface area contributed by atoms with E-state index in [1.54, 1.807) is 24.8 Å². The van der Waals surface area contributed by atoms with Crippen LogP contribution in [0.2, 0.25) is 0 Å². The van der Waals surface area contributed by atoms with Gasteiger partial charge in [-0.25, -0.2) is 15.0 Å². The summed E-state index contributed by atoms with van der Waals surface area (Å²) in [6.45, 7) is 4.10. The molecule has 0 unspecified atom stereocenters. The lowest BCUT2D eigenvalue weighted by Gasteiger charge is -2.32. The summed E-state index contributed by atoms with van der Waals surface area (Å²) in [6, 6.07) is 14.3. The van der Waals surface area contributed by atoms with Crippen LogP contribution in [0, 0.1) is 6.92 Å². The zero-order valence-corrected chi connectivity index (χ0v) is 18.0. The standard InChI is InChI=1S/C24H24N4OS/c1-16-6-5-8-19-22(16)23(26-15-25-19)28-12-10-17(11-13-28)24-27-20(14-30-24)18-7-3-4-9-21(18)29-2/h3-9,14-15,17H,10-13H2,1-2H3. The molecule has 0 radical (unpaired) electrons. The van der Waals surface area contributed by atoms with Crippen molar-refractivity contribution in [3.63, 3.8) is 0 Å². The lowest BCUT2D eigenvalue weighted by atomic mass is 9.97. The highest BCUT2D eigenvalue weighted by Crippen LogP contribution is 2.37. The first-order valence-electron chi connectivity index (χ1n) is 10.3. The predicted molar refractivity (Wildman–Crippen MR) is 123 cm³/mol. The van der Waals surface area contributed by atoms with Gasteiger partial charge in [0.05, 0.1) is 23.3 Å². The van der Waals surface area contributed by atoms with Crippen LogP contribution in [0.5, 0.6) is 5.75 Å². The van der Waals surface area contributed by atoms with Gasteiger partial charge in [0.25, 0.3) is 0 Å². The minimum atomic E-state index is 0.490. The van der Waals surface area contributed by atoms with Crippen molar-refractivity contribution in [2.45, 2.75) is 25.7 Å². The van der Waals surface area contributed by atoms with Crippen LogP contribution < -0.4 is 9.64 Å². The SMILES string of the molecule is COc1ccccc1-c1csc(C2CCN(c3ncnc4cccc(C)c34)CC2)n1. The van der Waals surface area contributed by atoms with Crippen LogP contribution in [0.4, 0.5) is 5.82 Å². The molecular formula is C24H24N4OS. The van der Waals surface area contributed by atoms with Gasteiger partial charge in [0.1, 0.15) is 17.9 Å². The smallest absolute Gasteiger partial charge is 0.140 e. The van der Waals surface area contributed by atoms with Crippen molar-refractivity contribution in [1.29, 1.82) is 0 Å². The number of rotatable bonds is 4. The number of aryl methyl sites for hydroxylation is 1. The fourth-order valence-corrected chi connectivity index (χ4v) is 5.29. The van der Waals surface area contributed by atoms with E-state index in [-0.39, 0.29) is 0 Å². The van der Waals surface area contributed by atoms with E-state index in [1.165, 1.54) is 16.0 Å². The molecule has 0 atom stereocenters. The number of para-hydroxylation sites is 1. The molecule has 0 bridgehead atoms. The molecule has 1 saturated heterocycles. The van der Waals surface area contributed by atoms with Gasteiger partial charge >= 0.3 is 0 Å². The number of anilines is 1. The Balaban J connectivity index is 1.35. The van der Waals surface area contributed by atoms with Gasteiger partial charge in [-0.1, -0.05) is 24.3 Å². The zero-order chi connectivity index (χ0) is 20.5. The van der Waals surface area contributed by atoms with Gasteiger partial charge in [-0.3, -0.25) is 0 Å². The average Bonchev–Trinajstić information content (AvgIpc) is 3.29. The Labute approximate surface area is 180 Å². The molecule has 5 rings (SSSR count). The second-order valence-electron chi connectivity index (χ2n) is 7.70. The van der Waals surface area contributed by atoms with Crippen LogP contribution in [0.25, 0.3) is 22.2 Å². The third-order valence-electron chi connectivity index (χ3n) is 5.90. The summed E-state index contributed by atoms with van der Waals surface area (Å²) in [5.41, 5.74) is 4.31. The highest BCUT2D eigenvalue weighted by molar-refractivity contribution is 7.10. The normalized spacial score (nSPS) is 14.9. The summed E-state index contributed by atoms with van der Waals surface area (Å²) in [7, 11) is 1.71. The van der Waals surface area contributed by atoms with Crippen LogP contribution in [0.15, 0.2) is 54.2 Å². The van der Waals surface area contributed by atoms with Gasteiger partial charge in [0.2, 0.25) is 0 Å². The van der Waals surface area contributed by atoms with Crippen molar-refractivity contribution in [1.82, 2.24) is 15.0 Å². The van der Waals surface area contributed by atoms with Crippen molar-refractivity contribution < 1.29 is 4.74 Å². The van der Waals surface area contributed by atoms with Crippen molar-refractivity contribution in [3.05, 3.63) is 64.7 Å². The zero-order valence-electron chi connectivity index (χ0n) is 17.2. The Morgan fingerprint density at radius 3 is 2.70 bits per heavy atom. The fraction of sp³-hybridized carbons (Fsp3) is 0.292. The summed E-state index contributed by atoms with van der Waals surface area (Å²) in [5.74, 6) is 2.42. The second-order valence-corrected chi connectivity index (χ2v) is 8.59. The maximum absolute atomic E-state index is 5.51.